The highest BCUT2D eigenvalue weighted by molar-refractivity contribution is 5.94. The molecule has 1 atom stereocenters. The van der Waals surface area contributed by atoms with E-state index in [4.69, 9.17) is 10.5 Å². The molecule has 1 heterocycles. The number of carbonyl (C=O) groups is 1. The van der Waals surface area contributed by atoms with Crippen LogP contribution in [-0.4, -0.2) is 37.6 Å². The van der Waals surface area contributed by atoms with Gasteiger partial charge in [0.15, 0.2) is 0 Å². The zero-order chi connectivity index (χ0) is 17.6. The van der Waals surface area contributed by atoms with E-state index in [0.29, 0.717) is 17.8 Å². The number of carbonyl (C=O) groups excluding carboxylic acids is 1. The molecule has 6 heteroatoms. The molecule has 26 heavy (non-hydrogen) atoms. The topological polar surface area (TPSA) is 67.6 Å². The zero-order valence-corrected chi connectivity index (χ0v) is 15.8. The number of nitrogens with one attached hydrogen (secondary N) is 1. The summed E-state index contributed by atoms with van der Waals surface area (Å²) in [5, 5.41) is 3.07. The fourth-order valence-electron chi connectivity index (χ4n) is 3.29. The zero-order valence-electron chi connectivity index (χ0n) is 15.0. The number of anilines is 1. The third-order valence-electron chi connectivity index (χ3n) is 4.69. The van der Waals surface area contributed by atoms with Gasteiger partial charge in [0, 0.05) is 17.8 Å². The molecular formula is C20H26ClN3O2. The third-order valence-corrected chi connectivity index (χ3v) is 4.69. The Hall–Kier alpha value is -2.24. The molecule has 2 aromatic rings. The number of benzene rings is 2. The molecule has 0 saturated carbocycles. The van der Waals surface area contributed by atoms with Crippen LogP contribution >= 0.6 is 12.4 Å². The summed E-state index contributed by atoms with van der Waals surface area (Å²) in [6.07, 6.45) is 2.40. The number of rotatable bonds is 6. The maximum absolute atomic E-state index is 12.4. The SMILES string of the molecule is COc1cccc(C(CNC(=O)c2ccc(N)cc2)N2CCCC2)c1.Cl. The number of likely N-dealkylation sites (tertiary alicyclic amines) is 1. The van der Waals surface area contributed by atoms with E-state index in [1.54, 1.807) is 31.4 Å². The summed E-state index contributed by atoms with van der Waals surface area (Å²) in [5.74, 6) is 0.763. The Morgan fingerprint density at radius 3 is 2.54 bits per heavy atom. The number of nitrogens with two attached hydrogens (primary N) is 1. The van der Waals surface area contributed by atoms with Crippen LogP contribution in [-0.2, 0) is 0 Å². The van der Waals surface area contributed by atoms with Crippen LogP contribution in [0.25, 0.3) is 0 Å². The van der Waals surface area contributed by atoms with Gasteiger partial charge in [-0.3, -0.25) is 9.69 Å². The Bertz CT molecular complexity index is 715. The smallest absolute Gasteiger partial charge is 0.251 e. The lowest BCUT2D eigenvalue weighted by atomic mass is 10.0. The van der Waals surface area contributed by atoms with Gasteiger partial charge in [-0.05, 0) is 67.9 Å². The van der Waals surface area contributed by atoms with E-state index in [1.807, 2.05) is 12.1 Å². The van der Waals surface area contributed by atoms with Gasteiger partial charge in [0.05, 0.1) is 13.2 Å². The summed E-state index contributed by atoms with van der Waals surface area (Å²) in [6.45, 7) is 2.68. The van der Waals surface area contributed by atoms with Gasteiger partial charge in [0.1, 0.15) is 5.75 Å². The minimum Gasteiger partial charge on any atom is -0.497 e. The fourth-order valence-corrected chi connectivity index (χ4v) is 3.29. The summed E-state index contributed by atoms with van der Waals surface area (Å²) in [4.78, 5) is 14.9. The van der Waals surface area contributed by atoms with Gasteiger partial charge in [-0.15, -0.1) is 12.4 Å². The number of hydrogen-bond donors (Lipinski definition) is 2. The monoisotopic (exact) mass is 375 g/mol. The predicted molar refractivity (Wildman–Crippen MR) is 107 cm³/mol. The van der Waals surface area contributed by atoms with Crippen LogP contribution in [0.1, 0.15) is 34.8 Å². The highest BCUT2D eigenvalue weighted by Crippen LogP contribution is 2.27. The van der Waals surface area contributed by atoms with Gasteiger partial charge < -0.3 is 15.8 Å². The van der Waals surface area contributed by atoms with Crippen molar-refractivity contribution in [2.24, 2.45) is 0 Å². The van der Waals surface area contributed by atoms with E-state index in [-0.39, 0.29) is 24.4 Å². The van der Waals surface area contributed by atoms with E-state index in [9.17, 15) is 4.79 Å². The van der Waals surface area contributed by atoms with Crippen molar-refractivity contribution in [2.45, 2.75) is 18.9 Å². The first-order valence-electron chi connectivity index (χ1n) is 8.69. The molecule has 0 spiro atoms. The molecule has 1 unspecified atom stereocenters. The molecule has 1 amide bonds. The van der Waals surface area contributed by atoms with Gasteiger partial charge >= 0.3 is 0 Å². The Morgan fingerprint density at radius 2 is 1.88 bits per heavy atom. The van der Waals surface area contributed by atoms with E-state index < -0.39 is 0 Å². The molecular weight excluding hydrogens is 350 g/mol. The second kappa shape index (κ2) is 9.46. The molecule has 1 saturated heterocycles. The Kier molecular flexibility index (Phi) is 7.30. The number of nitrogen functional groups attached to an aromatic ring is 1. The van der Waals surface area contributed by atoms with E-state index in [0.717, 1.165) is 18.8 Å². The quantitative estimate of drug-likeness (QED) is 0.760. The number of amides is 1. The molecule has 0 bridgehead atoms. The first kappa shape index (κ1) is 20.1. The van der Waals surface area contributed by atoms with Crippen LogP contribution in [0.4, 0.5) is 5.69 Å². The van der Waals surface area contributed by atoms with Gasteiger partial charge in [-0.1, -0.05) is 12.1 Å². The first-order valence-corrected chi connectivity index (χ1v) is 8.69. The molecule has 1 fully saturated rings. The van der Waals surface area contributed by atoms with Crippen LogP contribution in [0, 0.1) is 0 Å². The Labute approximate surface area is 160 Å². The van der Waals surface area contributed by atoms with Crippen molar-refractivity contribution in [3.8, 4) is 5.75 Å². The maximum atomic E-state index is 12.4. The van der Waals surface area contributed by atoms with E-state index >= 15 is 0 Å². The second-order valence-corrected chi connectivity index (χ2v) is 6.37. The normalized spacial score (nSPS) is 15.1. The van der Waals surface area contributed by atoms with Crippen molar-refractivity contribution in [1.82, 2.24) is 10.2 Å². The minimum absolute atomic E-state index is 0. The number of hydrogen-bond acceptors (Lipinski definition) is 4. The lowest BCUT2D eigenvalue weighted by Gasteiger charge is -2.28. The molecule has 1 aliphatic heterocycles. The Balaban J connectivity index is 0.00000243. The molecule has 2 aromatic carbocycles. The highest BCUT2D eigenvalue weighted by Gasteiger charge is 2.24. The molecule has 3 rings (SSSR count). The summed E-state index contributed by atoms with van der Waals surface area (Å²) in [5.41, 5.74) is 8.13. The van der Waals surface area contributed by atoms with Crippen LogP contribution in [0.5, 0.6) is 5.75 Å². The molecule has 3 N–H and O–H groups in total. The van der Waals surface area contributed by atoms with Gasteiger partial charge in [0.2, 0.25) is 0 Å². The summed E-state index contributed by atoms with van der Waals surface area (Å²) < 4.78 is 5.36. The summed E-state index contributed by atoms with van der Waals surface area (Å²) in [7, 11) is 1.67. The van der Waals surface area contributed by atoms with Crippen molar-refractivity contribution in [3.63, 3.8) is 0 Å². The average Bonchev–Trinajstić information content (AvgIpc) is 3.17. The largest absolute Gasteiger partial charge is 0.497 e. The maximum Gasteiger partial charge on any atom is 0.251 e. The predicted octanol–water partition coefficient (Wildman–Crippen LogP) is 3.27. The Morgan fingerprint density at radius 1 is 1.19 bits per heavy atom. The standard InChI is InChI=1S/C20H25N3O2.ClH/c1-25-18-6-4-5-16(13-18)19(23-11-2-3-12-23)14-22-20(24)15-7-9-17(21)10-8-15;/h4-10,13,19H,2-3,11-12,14,21H2,1H3,(H,22,24);1H. The third kappa shape index (κ3) is 4.90. The molecule has 0 aliphatic carbocycles. The second-order valence-electron chi connectivity index (χ2n) is 6.37. The lowest BCUT2D eigenvalue weighted by molar-refractivity contribution is 0.0938. The van der Waals surface area contributed by atoms with E-state index in [1.165, 1.54) is 18.4 Å². The van der Waals surface area contributed by atoms with Crippen LogP contribution in [0.2, 0.25) is 0 Å². The van der Waals surface area contributed by atoms with Crippen molar-refractivity contribution < 1.29 is 9.53 Å². The highest BCUT2D eigenvalue weighted by atomic mass is 35.5. The van der Waals surface area contributed by atoms with Gasteiger partial charge in [-0.25, -0.2) is 0 Å². The number of nitrogens with zero attached hydrogens (tertiary/aromatic N) is 1. The van der Waals surface area contributed by atoms with Crippen molar-refractivity contribution in [1.29, 1.82) is 0 Å². The van der Waals surface area contributed by atoms with Crippen LogP contribution in [0.3, 0.4) is 0 Å². The molecule has 1 aliphatic rings. The van der Waals surface area contributed by atoms with Crippen molar-refractivity contribution >= 4 is 24.0 Å². The molecule has 140 valence electrons. The first-order chi connectivity index (χ1) is 12.2. The van der Waals surface area contributed by atoms with Crippen molar-refractivity contribution in [2.75, 3.05) is 32.5 Å². The van der Waals surface area contributed by atoms with Crippen LogP contribution < -0.4 is 15.8 Å². The van der Waals surface area contributed by atoms with Crippen molar-refractivity contribution in [3.05, 3.63) is 59.7 Å². The van der Waals surface area contributed by atoms with E-state index in [2.05, 4.69) is 22.3 Å². The summed E-state index contributed by atoms with van der Waals surface area (Å²) in [6, 6.07) is 15.2. The number of methoxy groups -OCH3 is 1. The minimum atomic E-state index is -0.0768. The molecule has 5 nitrogen and oxygen atoms in total. The summed E-state index contributed by atoms with van der Waals surface area (Å²) >= 11 is 0. The average molecular weight is 376 g/mol. The van der Waals surface area contributed by atoms with Gasteiger partial charge in [-0.2, -0.15) is 0 Å². The van der Waals surface area contributed by atoms with Gasteiger partial charge in [0.25, 0.3) is 5.91 Å². The fraction of sp³-hybridized carbons (Fsp3) is 0.350. The number of halogens is 1. The van der Waals surface area contributed by atoms with Crippen LogP contribution in [0.15, 0.2) is 48.5 Å². The number of ether oxygens (including phenoxy) is 1. The molecule has 0 aromatic heterocycles. The molecule has 0 radical (unpaired) electrons. The lowest BCUT2D eigenvalue weighted by Crippen LogP contribution is -2.36.